The van der Waals surface area contributed by atoms with E-state index in [9.17, 15) is 0 Å². The molecule has 0 aromatic rings. The molecule has 0 aliphatic carbocycles. The van der Waals surface area contributed by atoms with Gasteiger partial charge in [-0.2, -0.15) is 0 Å². The predicted molar refractivity (Wildman–Crippen MR) is 69.7 cm³/mol. The van der Waals surface area contributed by atoms with E-state index in [1.165, 1.54) is 0 Å². The Kier molecular flexibility index (Phi) is 7.00. The first-order chi connectivity index (χ1) is 8.71. The number of aliphatic hydroxyl groups excluding tert-OH is 1. The lowest BCUT2D eigenvalue weighted by Gasteiger charge is -2.37. The van der Waals surface area contributed by atoms with Gasteiger partial charge in [-0.25, -0.2) is 0 Å². The third-order valence-electron chi connectivity index (χ3n) is 3.48. The molecular formula is C12H25N3O3. The van der Waals surface area contributed by atoms with E-state index in [-0.39, 0.29) is 12.7 Å². The molecule has 6 nitrogen and oxygen atoms in total. The highest BCUT2D eigenvalue weighted by Crippen LogP contribution is 2.19. The summed E-state index contributed by atoms with van der Waals surface area (Å²) in [4.78, 5) is 2.37. The average Bonchev–Trinajstić information content (AvgIpc) is 2.42. The number of hydrogen-bond donors (Lipinski definition) is 3. The monoisotopic (exact) mass is 259 g/mol. The van der Waals surface area contributed by atoms with Gasteiger partial charge in [-0.3, -0.25) is 4.90 Å². The number of aliphatic hydroxyl groups is 1. The Balaban J connectivity index is 2.35. The fourth-order valence-corrected chi connectivity index (χ4v) is 2.44. The van der Waals surface area contributed by atoms with Crippen molar-refractivity contribution in [1.82, 2.24) is 4.90 Å². The van der Waals surface area contributed by atoms with E-state index < -0.39 is 0 Å². The second-order valence-corrected chi connectivity index (χ2v) is 4.69. The standard InChI is InChI=1S/C12H25N3O3/c1-2-10(9-12(13)14-17)15-5-3-11(4-6-15)18-8-7-16/h10-11,16-17H,2-9H2,1H3,(H2,13,14). The number of nitrogens with two attached hydrogens (primary N) is 1. The van der Waals surface area contributed by atoms with E-state index in [0.717, 1.165) is 32.4 Å². The molecule has 0 amide bonds. The number of ether oxygens (including phenoxy) is 1. The minimum absolute atomic E-state index is 0.0846. The van der Waals surface area contributed by atoms with Gasteiger partial charge in [0.05, 0.1) is 19.3 Å². The van der Waals surface area contributed by atoms with Crippen LogP contribution in [0.5, 0.6) is 0 Å². The summed E-state index contributed by atoms with van der Waals surface area (Å²) in [5.74, 6) is 0.292. The maximum Gasteiger partial charge on any atom is 0.140 e. The summed E-state index contributed by atoms with van der Waals surface area (Å²) in [5.41, 5.74) is 5.57. The maximum atomic E-state index is 8.72. The van der Waals surface area contributed by atoms with Gasteiger partial charge in [0.25, 0.3) is 0 Å². The van der Waals surface area contributed by atoms with Crippen molar-refractivity contribution in [3.8, 4) is 0 Å². The lowest BCUT2D eigenvalue weighted by atomic mass is 10.0. The first-order valence-corrected chi connectivity index (χ1v) is 6.64. The van der Waals surface area contributed by atoms with Crippen LogP contribution in [-0.4, -0.2) is 59.5 Å². The molecule has 1 atom stereocenters. The Morgan fingerprint density at radius 3 is 2.67 bits per heavy atom. The van der Waals surface area contributed by atoms with Crippen LogP contribution in [0.4, 0.5) is 0 Å². The van der Waals surface area contributed by atoms with Crippen LogP contribution >= 0.6 is 0 Å². The van der Waals surface area contributed by atoms with Crippen LogP contribution in [0.25, 0.3) is 0 Å². The summed E-state index contributed by atoms with van der Waals surface area (Å²) in [5, 5.41) is 20.4. The van der Waals surface area contributed by atoms with Crippen molar-refractivity contribution in [1.29, 1.82) is 0 Å². The fraction of sp³-hybridized carbons (Fsp3) is 0.917. The zero-order chi connectivity index (χ0) is 13.4. The molecular weight excluding hydrogens is 234 g/mol. The third-order valence-corrected chi connectivity index (χ3v) is 3.48. The van der Waals surface area contributed by atoms with Gasteiger partial charge >= 0.3 is 0 Å². The maximum absolute atomic E-state index is 8.72. The van der Waals surface area contributed by atoms with Crippen LogP contribution in [0.1, 0.15) is 32.6 Å². The van der Waals surface area contributed by atoms with Crippen molar-refractivity contribution in [2.24, 2.45) is 10.9 Å². The lowest BCUT2D eigenvalue weighted by molar-refractivity contribution is -0.0150. The van der Waals surface area contributed by atoms with E-state index >= 15 is 0 Å². The van der Waals surface area contributed by atoms with E-state index in [2.05, 4.69) is 17.0 Å². The number of likely N-dealkylation sites (tertiary alicyclic amines) is 1. The van der Waals surface area contributed by atoms with E-state index in [1.54, 1.807) is 0 Å². The number of rotatable bonds is 7. The molecule has 0 spiro atoms. The molecule has 0 saturated carbocycles. The van der Waals surface area contributed by atoms with Gasteiger partial charge in [0, 0.05) is 25.6 Å². The lowest BCUT2D eigenvalue weighted by Crippen LogP contribution is -2.44. The smallest absolute Gasteiger partial charge is 0.140 e. The van der Waals surface area contributed by atoms with Crippen molar-refractivity contribution in [3.63, 3.8) is 0 Å². The molecule has 1 saturated heterocycles. The highest BCUT2D eigenvalue weighted by atomic mass is 16.5. The topological polar surface area (TPSA) is 91.3 Å². The van der Waals surface area contributed by atoms with Gasteiger partial charge in [0.15, 0.2) is 0 Å². The third kappa shape index (κ3) is 4.80. The number of nitrogens with zero attached hydrogens (tertiary/aromatic N) is 2. The zero-order valence-corrected chi connectivity index (χ0v) is 11.1. The summed E-state index contributed by atoms with van der Waals surface area (Å²) >= 11 is 0. The fourth-order valence-electron chi connectivity index (χ4n) is 2.44. The van der Waals surface area contributed by atoms with Crippen LogP contribution < -0.4 is 5.73 Å². The molecule has 0 bridgehead atoms. The van der Waals surface area contributed by atoms with Gasteiger partial charge in [-0.1, -0.05) is 12.1 Å². The molecule has 1 aliphatic rings. The van der Waals surface area contributed by atoms with Crippen LogP contribution in [-0.2, 0) is 4.74 Å². The van der Waals surface area contributed by atoms with Crippen LogP contribution in [0.2, 0.25) is 0 Å². The average molecular weight is 259 g/mol. The molecule has 1 heterocycles. The highest BCUT2D eigenvalue weighted by molar-refractivity contribution is 5.80. The normalized spacial score (nSPS) is 21.1. The van der Waals surface area contributed by atoms with Crippen molar-refractivity contribution in [3.05, 3.63) is 0 Å². The molecule has 0 radical (unpaired) electrons. The second-order valence-electron chi connectivity index (χ2n) is 4.69. The first kappa shape index (κ1) is 15.2. The van der Waals surface area contributed by atoms with Crippen LogP contribution in [0, 0.1) is 0 Å². The highest BCUT2D eigenvalue weighted by Gasteiger charge is 2.25. The molecule has 0 aromatic heterocycles. The Morgan fingerprint density at radius 1 is 1.50 bits per heavy atom. The molecule has 1 unspecified atom stereocenters. The summed E-state index contributed by atoms with van der Waals surface area (Å²) in [6, 6.07) is 0.333. The Hall–Kier alpha value is -0.850. The Morgan fingerprint density at radius 2 is 2.17 bits per heavy atom. The van der Waals surface area contributed by atoms with Gasteiger partial charge in [-0.15, -0.1) is 0 Å². The van der Waals surface area contributed by atoms with Crippen molar-refractivity contribution in [2.45, 2.75) is 44.8 Å². The van der Waals surface area contributed by atoms with E-state index in [4.69, 9.17) is 20.8 Å². The molecule has 0 aromatic carbocycles. The summed E-state index contributed by atoms with van der Waals surface area (Å²) < 4.78 is 5.53. The molecule has 106 valence electrons. The SMILES string of the molecule is CCC(CC(N)=NO)N1CCC(OCCO)CC1. The number of hydrogen-bond acceptors (Lipinski definition) is 5. The zero-order valence-electron chi connectivity index (χ0n) is 11.1. The van der Waals surface area contributed by atoms with Crippen molar-refractivity contribution in [2.75, 3.05) is 26.3 Å². The summed E-state index contributed by atoms with van der Waals surface area (Å²) in [7, 11) is 0. The second kappa shape index (κ2) is 8.29. The molecule has 18 heavy (non-hydrogen) atoms. The van der Waals surface area contributed by atoms with E-state index in [1.807, 2.05) is 0 Å². The van der Waals surface area contributed by atoms with Gasteiger partial charge < -0.3 is 20.8 Å². The molecule has 1 aliphatic heterocycles. The molecule has 1 rings (SSSR count). The molecule has 4 N–H and O–H groups in total. The predicted octanol–water partition coefficient (Wildman–Crippen LogP) is 0.375. The largest absolute Gasteiger partial charge is 0.409 e. The quantitative estimate of drug-likeness (QED) is 0.266. The number of amidine groups is 1. The Labute approximate surface area is 108 Å². The number of oxime groups is 1. The minimum atomic E-state index is 0.0846. The molecule has 1 fully saturated rings. The Bertz CT molecular complexity index is 253. The van der Waals surface area contributed by atoms with E-state index in [0.29, 0.717) is 24.9 Å². The minimum Gasteiger partial charge on any atom is -0.409 e. The van der Waals surface area contributed by atoms with Gasteiger partial charge in [0.2, 0.25) is 0 Å². The van der Waals surface area contributed by atoms with Crippen molar-refractivity contribution >= 4 is 5.84 Å². The summed E-state index contributed by atoms with van der Waals surface area (Å²) in [6.45, 7) is 4.55. The van der Waals surface area contributed by atoms with Crippen LogP contribution in [0.15, 0.2) is 5.16 Å². The first-order valence-electron chi connectivity index (χ1n) is 6.64. The summed E-state index contributed by atoms with van der Waals surface area (Å²) in [6.07, 6.45) is 3.81. The van der Waals surface area contributed by atoms with Gasteiger partial charge in [-0.05, 0) is 19.3 Å². The van der Waals surface area contributed by atoms with Gasteiger partial charge in [0.1, 0.15) is 5.84 Å². The number of piperidine rings is 1. The van der Waals surface area contributed by atoms with Crippen LogP contribution in [0.3, 0.4) is 0 Å². The van der Waals surface area contributed by atoms with Crippen molar-refractivity contribution < 1.29 is 15.1 Å². The molecule has 6 heteroatoms.